The zero-order valence-corrected chi connectivity index (χ0v) is 10.4. The van der Waals surface area contributed by atoms with E-state index in [1.54, 1.807) is 30.3 Å². The Morgan fingerprint density at radius 2 is 1.89 bits per heavy atom. The molecular formula is C15H12N2O2. The monoisotopic (exact) mass is 252 g/mol. The van der Waals surface area contributed by atoms with Crippen molar-refractivity contribution in [3.8, 4) is 11.4 Å². The van der Waals surface area contributed by atoms with E-state index >= 15 is 0 Å². The highest BCUT2D eigenvalue weighted by Gasteiger charge is 2.10. The fraction of sp³-hybridized carbons (Fsp3) is 0.0667. The van der Waals surface area contributed by atoms with Crippen LogP contribution in [-0.4, -0.2) is 14.7 Å². The molecule has 0 saturated carbocycles. The van der Waals surface area contributed by atoms with Gasteiger partial charge in [0.1, 0.15) is 12.1 Å². The predicted molar refractivity (Wildman–Crippen MR) is 73.7 cm³/mol. The molecule has 1 heterocycles. The number of aromatic nitrogens is 2. The van der Waals surface area contributed by atoms with Gasteiger partial charge in [-0.15, -0.1) is 0 Å². The maximum absolute atomic E-state index is 12.4. The minimum Gasteiger partial charge on any atom is -0.506 e. The topological polar surface area (TPSA) is 55.1 Å². The second-order valence-corrected chi connectivity index (χ2v) is 4.38. The second kappa shape index (κ2) is 4.24. The molecule has 0 unspecified atom stereocenters. The lowest BCUT2D eigenvalue weighted by atomic mass is 10.1. The number of rotatable bonds is 1. The minimum atomic E-state index is -0.185. The van der Waals surface area contributed by atoms with Crippen molar-refractivity contribution in [3.05, 3.63) is 64.7 Å². The van der Waals surface area contributed by atoms with E-state index < -0.39 is 0 Å². The number of hydrogen-bond acceptors (Lipinski definition) is 3. The molecule has 1 N–H and O–H groups in total. The first-order chi connectivity index (χ1) is 9.18. The van der Waals surface area contributed by atoms with Crippen LogP contribution in [0, 0.1) is 6.92 Å². The number of aromatic hydroxyl groups is 1. The van der Waals surface area contributed by atoms with Gasteiger partial charge in [0.25, 0.3) is 5.56 Å². The summed E-state index contributed by atoms with van der Waals surface area (Å²) < 4.78 is 1.38. The van der Waals surface area contributed by atoms with Gasteiger partial charge in [-0.3, -0.25) is 9.36 Å². The van der Waals surface area contributed by atoms with Crippen molar-refractivity contribution in [1.29, 1.82) is 0 Å². The summed E-state index contributed by atoms with van der Waals surface area (Å²) in [5.74, 6) is 0.0687. The lowest BCUT2D eigenvalue weighted by Crippen LogP contribution is -2.19. The first-order valence-corrected chi connectivity index (χ1v) is 5.94. The number of fused-ring (bicyclic) bond motifs is 1. The van der Waals surface area contributed by atoms with Gasteiger partial charge < -0.3 is 5.11 Å². The van der Waals surface area contributed by atoms with Gasteiger partial charge in [-0.2, -0.15) is 0 Å². The molecule has 0 fully saturated rings. The van der Waals surface area contributed by atoms with Gasteiger partial charge in [0, 0.05) is 0 Å². The van der Waals surface area contributed by atoms with Crippen molar-refractivity contribution in [2.45, 2.75) is 6.92 Å². The third-order valence-corrected chi connectivity index (χ3v) is 3.12. The lowest BCUT2D eigenvalue weighted by Gasteiger charge is -2.11. The Bertz CT molecular complexity index is 801. The quantitative estimate of drug-likeness (QED) is 0.723. The molecule has 0 atom stereocenters. The van der Waals surface area contributed by atoms with Gasteiger partial charge in [0.2, 0.25) is 0 Å². The summed E-state index contributed by atoms with van der Waals surface area (Å²) in [5, 5.41) is 10.5. The highest BCUT2D eigenvalue weighted by atomic mass is 16.3. The predicted octanol–water partition coefficient (Wildman–Crippen LogP) is 2.40. The van der Waals surface area contributed by atoms with Crippen LogP contribution in [0.1, 0.15) is 5.56 Å². The number of hydrogen-bond donors (Lipinski definition) is 1. The largest absolute Gasteiger partial charge is 0.506 e. The number of phenolic OH excluding ortho intramolecular Hbond substituents is 1. The number of para-hydroxylation sites is 2. The lowest BCUT2D eigenvalue weighted by molar-refractivity contribution is 0.471. The molecule has 0 radical (unpaired) electrons. The molecule has 3 aromatic rings. The Morgan fingerprint density at radius 3 is 2.68 bits per heavy atom. The highest BCUT2D eigenvalue weighted by Crippen LogP contribution is 2.23. The summed E-state index contributed by atoms with van der Waals surface area (Å²) in [7, 11) is 0. The van der Waals surface area contributed by atoms with Crippen molar-refractivity contribution in [1.82, 2.24) is 9.55 Å². The van der Waals surface area contributed by atoms with E-state index in [1.165, 1.54) is 10.9 Å². The van der Waals surface area contributed by atoms with Crippen LogP contribution in [0.25, 0.3) is 16.6 Å². The summed E-state index contributed by atoms with van der Waals surface area (Å²) in [6.45, 7) is 1.84. The van der Waals surface area contributed by atoms with E-state index in [0.717, 1.165) is 5.56 Å². The van der Waals surface area contributed by atoms with Crippen LogP contribution in [0.3, 0.4) is 0 Å². The van der Waals surface area contributed by atoms with Crippen LogP contribution >= 0.6 is 0 Å². The molecule has 2 aromatic carbocycles. The Hall–Kier alpha value is -2.62. The van der Waals surface area contributed by atoms with Crippen molar-refractivity contribution in [3.63, 3.8) is 0 Å². The summed E-state index contributed by atoms with van der Waals surface area (Å²) >= 11 is 0. The van der Waals surface area contributed by atoms with Crippen LogP contribution in [0.5, 0.6) is 5.75 Å². The van der Waals surface area contributed by atoms with E-state index in [1.807, 2.05) is 19.1 Å². The van der Waals surface area contributed by atoms with Crippen LogP contribution in [0.15, 0.2) is 53.6 Å². The Labute approximate surface area is 109 Å². The molecule has 1 aromatic heterocycles. The molecule has 0 aliphatic carbocycles. The number of nitrogens with zero attached hydrogens (tertiary/aromatic N) is 2. The third-order valence-electron chi connectivity index (χ3n) is 3.12. The molecule has 4 nitrogen and oxygen atoms in total. The van der Waals surface area contributed by atoms with Gasteiger partial charge in [-0.25, -0.2) is 4.98 Å². The molecule has 0 amide bonds. The fourth-order valence-corrected chi connectivity index (χ4v) is 2.19. The molecule has 0 spiro atoms. The molecular weight excluding hydrogens is 240 g/mol. The molecule has 0 saturated heterocycles. The number of phenols is 1. The van der Waals surface area contributed by atoms with E-state index in [2.05, 4.69) is 4.98 Å². The minimum absolute atomic E-state index is 0.0687. The average Bonchev–Trinajstić information content (AvgIpc) is 2.41. The SMILES string of the molecule is Cc1cccc(O)c1-n1cnc2ccccc2c1=O. The van der Waals surface area contributed by atoms with E-state index in [0.29, 0.717) is 16.6 Å². The standard InChI is InChI=1S/C15H12N2O2/c1-10-5-4-8-13(18)14(10)17-9-16-12-7-3-2-6-11(12)15(17)19/h2-9,18H,1H3. The Kier molecular flexibility index (Phi) is 2.56. The molecule has 0 aliphatic heterocycles. The number of benzene rings is 2. The average molecular weight is 252 g/mol. The van der Waals surface area contributed by atoms with E-state index in [4.69, 9.17) is 0 Å². The van der Waals surface area contributed by atoms with Gasteiger partial charge in [-0.05, 0) is 30.7 Å². The Balaban J connectivity index is 2.39. The summed E-state index contributed by atoms with van der Waals surface area (Å²) in [6, 6.07) is 12.3. The molecule has 0 bridgehead atoms. The molecule has 3 rings (SSSR count). The summed E-state index contributed by atoms with van der Waals surface area (Å²) in [6.07, 6.45) is 1.45. The molecule has 4 heteroatoms. The van der Waals surface area contributed by atoms with Crippen LogP contribution in [0.4, 0.5) is 0 Å². The van der Waals surface area contributed by atoms with Crippen molar-refractivity contribution < 1.29 is 5.11 Å². The number of aryl methyl sites for hydroxylation is 1. The zero-order chi connectivity index (χ0) is 13.4. The maximum Gasteiger partial charge on any atom is 0.265 e. The van der Waals surface area contributed by atoms with Crippen molar-refractivity contribution in [2.24, 2.45) is 0 Å². The molecule has 94 valence electrons. The summed E-state index contributed by atoms with van der Waals surface area (Å²) in [5.41, 5.74) is 1.76. The second-order valence-electron chi connectivity index (χ2n) is 4.38. The third kappa shape index (κ3) is 1.78. The molecule has 19 heavy (non-hydrogen) atoms. The summed E-state index contributed by atoms with van der Waals surface area (Å²) in [4.78, 5) is 16.7. The van der Waals surface area contributed by atoms with Crippen LogP contribution in [-0.2, 0) is 0 Å². The van der Waals surface area contributed by atoms with Crippen molar-refractivity contribution in [2.75, 3.05) is 0 Å². The van der Waals surface area contributed by atoms with Gasteiger partial charge in [0.05, 0.1) is 16.6 Å². The highest BCUT2D eigenvalue weighted by molar-refractivity contribution is 5.77. The van der Waals surface area contributed by atoms with Gasteiger partial charge in [0.15, 0.2) is 0 Å². The van der Waals surface area contributed by atoms with E-state index in [-0.39, 0.29) is 11.3 Å². The van der Waals surface area contributed by atoms with E-state index in [9.17, 15) is 9.90 Å². The molecule has 0 aliphatic rings. The fourth-order valence-electron chi connectivity index (χ4n) is 2.19. The smallest absolute Gasteiger partial charge is 0.265 e. The first kappa shape index (κ1) is 11.5. The normalized spacial score (nSPS) is 10.8. The maximum atomic E-state index is 12.4. The van der Waals surface area contributed by atoms with Crippen LogP contribution in [0.2, 0.25) is 0 Å². The zero-order valence-electron chi connectivity index (χ0n) is 10.4. The Morgan fingerprint density at radius 1 is 1.11 bits per heavy atom. The van der Waals surface area contributed by atoms with Crippen molar-refractivity contribution >= 4 is 10.9 Å². The van der Waals surface area contributed by atoms with Crippen LogP contribution < -0.4 is 5.56 Å². The van der Waals surface area contributed by atoms with Gasteiger partial charge in [-0.1, -0.05) is 24.3 Å². The van der Waals surface area contributed by atoms with Gasteiger partial charge >= 0.3 is 0 Å². The first-order valence-electron chi connectivity index (χ1n) is 5.94.